The van der Waals surface area contributed by atoms with E-state index < -0.39 is 41.9 Å². The van der Waals surface area contributed by atoms with Crippen molar-refractivity contribution >= 4 is 11.7 Å². The van der Waals surface area contributed by atoms with E-state index in [2.05, 4.69) is 10.3 Å². The molecule has 0 aliphatic carbocycles. The van der Waals surface area contributed by atoms with Crippen molar-refractivity contribution in [2.75, 3.05) is 34.0 Å². The van der Waals surface area contributed by atoms with Gasteiger partial charge in [-0.2, -0.15) is 13.2 Å². The van der Waals surface area contributed by atoms with Gasteiger partial charge in [-0.25, -0.2) is 9.37 Å². The Morgan fingerprint density at radius 1 is 0.950 bits per heavy atom. The smallest absolute Gasteiger partial charge is 0.419 e. The van der Waals surface area contributed by atoms with Gasteiger partial charge in [-0.05, 0) is 55.0 Å². The van der Waals surface area contributed by atoms with Crippen LogP contribution in [0.15, 0.2) is 48.5 Å². The van der Waals surface area contributed by atoms with Crippen LogP contribution in [0.3, 0.4) is 0 Å². The summed E-state index contributed by atoms with van der Waals surface area (Å²) in [6.45, 7) is -0.715. The lowest BCUT2D eigenvalue weighted by atomic mass is 10.0. The molecule has 3 N–H and O–H groups in total. The van der Waals surface area contributed by atoms with Gasteiger partial charge in [0.05, 0.1) is 32.4 Å². The number of rotatable bonds is 12. The van der Waals surface area contributed by atoms with Crippen molar-refractivity contribution in [3.8, 4) is 28.5 Å². The largest absolute Gasteiger partial charge is 0.494 e. The molecule has 3 aromatic rings. The highest BCUT2D eigenvalue weighted by molar-refractivity contribution is 6.03. The molecule has 0 spiro atoms. The molecule has 1 heterocycles. The Balaban J connectivity index is 1.92. The molecule has 0 saturated carbocycles. The number of halogens is 4. The van der Waals surface area contributed by atoms with Crippen molar-refractivity contribution in [1.29, 1.82) is 0 Å². The lowest BCUT2D eigenvalue weighted by molar-refractivity contribution is -0.139. The van der Waals surface area contributed by atoms with Crippen LogP contribution >= 0.6 is 0 Å². The van der Waals surface area contributed by atoms with Crippen LogP contribution in [-0.2, 0) is 6.18 Å². The number of Topliss-reactive ketones (excluding diaryl/α,β-unsaturated/α-hetero) is 1. The van der Waals surface area contributed by atoms with Crippen LogP contribution in [0.1, 0.15) is 32.8 Å². The maximum Gasteiger partial charge on any atom is 0.419 e. The minimum atomic E-state index is -4.97. The number of hydrogen-bond acceptors (Lipinski definition) is 8. The van der Waals surface area contributed by atoms with Crippen LogP contribution in [0.5, 0.6) is 17.2 Å². The molecule has 0 saturated heterocycles. The summed E-state index contributed by atoms with van der Waals surface area (Å²) in [6, 6.07) is 7.77. The quantitative estimate of drug-likeness (QED) is 0.224. The van der Waals surface area contributed by atoms with Gasteiger partial charge >= 0.3 is 6.18 Å². The zero-order valence-corrected chi connectivity index (χ0v) is 21.4. The molecule has 0 aliphatic heterocycles. The van der Waals surface area contributed by atoms with Crippen LogP contribution in [-0.4, -0.2) is 67.0 Å². The number of alkyl halides is 3. The zero-order valence-electron chi connectivity index (χ0n) is 21.4. The van der Waals surface area contributed by atoms with Gasteiger partial charge in [-0.3, -0.25) is 9.59 Å². The molecule has 0 fully saturated rings. The van der Waals surface area contributed by atoms with E-state index in [-0.39, 0.29) is 59.4 Å². The Morgan fingerprint density at radius 2 is 1.65 bits per heavy atom. The zero-order chi connectivity index (χ0) is 29.4. The van der Waals surface area contributed by atoms with Gasteiger partial charge in [0.15, 0.2) is 11.5 Å². The summed E-state index contributed by atoms with van der Waals surface area (Å²) in [4.78, 5) is 30.4. The molecule has 0 bridgehead atoms. The molecule has 9 nitrogen and oxygen atoms in total. The molecule has 0 radical (unpaired) electrons. The molecule has 1 atom stereocenters. The molecule has 3 rings (SSSR count). The lowest BCUT2D eigenvalue weighted by Crippen LogP contribution is -2.41. The van der Waals surface area contributed by atoms with Crippen molar-refractivity contribution in [3.63, 3.8) is 0 Å². The Bertz CT molecular complexity index is 1370. The maximum atomic E-state index is 13.8. The second-order valence-electron chi connectivity index (χ2n) is 8.28. The number of aromatic nitrogens is 1. The molecule has 1 amide bonds. The van der Waals surface area contributed by atoms with Crippen LogP contribution < -0.4 is 19.5 Å². The fourth-order valence-corrected chi connectivity index (χ4v) is 3.75. The number of ether oxygens (including phenoxy) is 3. The van der Waals surface area contributed by atoms with Gasteiger partial charge in [-0.1, -0.05) is 0 Å². The Hall–Kier alpha value is -4.23. The molecular formula is C27H26F4N2O7. The minimum absolute atomic E-state index is 0.00126. The summed E-state index contributed by atoms with van der Waals surface area (Å²) in [5, 5.41) is 21.0. The van der Waals surface area contributed by atoms with E-state index in [0.29, 0.717) is 12.1 Å². The average molecular weight is 567 g/mol. The molecule has 2 aromatic carbocycles. The number of benzene rings is 2. The number of carbonyl (C=O) groups excluding carboxylic acids is 2. The van der Waals surface area contributed by atoms with Crippen LogP contribution in [0.4, 0.5) is 17.6 Å². The fraction of sp³-hybridized carbons (Fsp3) is 0.296. The number of ketones is 1. The van der Waals surface area contributed by atoms with Crippen molar-refractivity contribution in [3.05, 3.63) is 71.2 Å². The normalized spacial score (nSPS) is 12.0. The third-order valence-electron chi connectivity index (χ3n) is 5.69. The monoisotopic (exact) mass is 566 g/mol. The Kier molecular flexibility index (Phi) is 10.0. The number of nitrogens with one attached hydrogen (secondary N) is 1. The molecular weight excluding hydrogens is 540 g/mol. The van der Waals surface area contributed by atoms with E-state index >= 15 is 0 Å². The predicted molar refractivity (Wildman–Crippen MR) is 134 cm³/mol. The summed E-state index contributed by atoms with van der Waals surface area (Å²) < 4.78 is 69.4. The van der Waals surface area contributed by atoms with E-state index in [1.165, 1.54) is 44.6 Å². The maximum absolute atomic E-state index is 13.8. The molecule has 40 heavy (non-hydrogen) atoms. The van der Waals surface area contributed by atoms with Gasteiger partial charge in [-0.15, -0.1) is 0 Å². The molecule has 1 aromatic heterocycles. The number of aliphatic hydroxyl groups is 2. The summed E-state index contributed by atoms with van der Waals surface area (Å²) >= 11 is 0. The number of carbonyl (C=O) groups is 2. The summed E-state index contributed by atoms with van der Waals surface area (Å²) in [5.74, 6) is -2.40. The highest BCUT2D eigenvalue weighted by atomic mass is 19.4. The van der Waals surface area contributed by atoms with Gasteiger partial charge in [0.25, 0.3) is 5.91 Å². The first kappa shape index (κ1) is 30.3. The highest BCUT2D eigenvalue weighted by Crippen LogP contribution is 2.36. The molecule has 13 heteroatoms. The summed E-state index contributed by atoms with van der Waals surface area (Å²) in [6.07, 6.45) is -5.17. The summed E-state index contributed by atoms with van der Waals surface area (Å²) in [7, 11) is 2.60. The third-order valence-corrected chi connectivity index (χ3v) is 5.69. The van der Waals surface area contributed by atoms with E-state index in [4.69, 9.17) is 19.3 Å². The van der Waals surface area contributed by atoms with Crippen molar-refractivity contribution in [2.24, 2.45) is 0 Å². The number of nitrogens with zero attached hydrogens (tertiary/aromatic N) is 1. The van der Waals surface area contributed by atoms with Gasteiger partial charge in [0, 0.05) is 17.7 Å². The number of amides is 1. The Morgan fingerprint density at radius 3 is 2.27 bits per heavy atom. The minimum Gasteiger partial charge on any atom is -0.494 e. The van der Waals surface area contributed by atoms with Crippen molar-refractivity contribution < 1.29 is 51.6 Å². The first-order valence-corrected chi connectivity index (χ1v) is 11.8. The van der Waals surface area contributed by atoms with Crippen LogP contribution in [0.25, 0.3) is 11.3 Å². The van der Waals surface area contributed by atoms with Crippen LogP contribution in [0.2, 0.25) is 0 Å². The van der Waals surface area contributed by atoms with E-state index in [9.17, 15) is 32.3 Å². The Labute approximate surface area is 226 Å². The van der Waals surface area contributed by atoms with Gasteiger partial charge < -0.3 is 29.7 Å². The molecule has 1 unspecified atom stereocenters. The molecule has 0 aliphatic rings. The van der Waals surface area contributed by atoms with Crippen molar-refractivity contribution in [1.82, 2.24) is 10.3 Å². The van der Waals surface area contributed by atoms with Crippen molar-refractivity contribution in [2.45, 2.75) is 18.6 Å². The summed E-state index contributed by atoms with van der Waals surface area (Å²) in [5.41, 5.74) is -1.97. The average Bonchev–Trinajstić information content (AvgIpc) is 2.94. The number of hydrogen-bond donors (Lipinski definition) is 3. The van der Waals surface area contributed by atoms with E-state index in [1.807, 2.05) is 0 Å². The van der Waals surface area contributed by atoms with E-state index in [0.717, 1.165) is 6.07 Å². The second-order valence-corrected chi connectivity index (χ2v) is 8.28. The topological polar surface area (TPSA) is 127 Å². The first-order valence-electron chi connectivity index (χ1n) is 11.8. The first-order chi connectivity index (χ1) is 19.0. The fourth-order valence-electron chi connectivity index (χ4n) is 3.75. The molecule has 214 valence electrons. The van der Waals surface area contributed by atoms with Gasteiger partial charge in [0.2, 0.25) is 5.78 Å². The number of pyridine rings is 1. The lowest BCUT2D eigenvalue weighted by Gasteiger charge is -2.18. The second kappa shape index (κ2) is 13.2. The predicted octanol–water partition coefficient (Wildman–Crippen LogP) is 3.66. The van der Waals surface area contributed by atoms with Gasteiger partial charge in [0.1, 0.15) is 29.6 Å². The third kappa shape index (κ3) is 7.04. The number of aliphatic hydroxyl groups excluding tert-OH is 2. The SMILES string of the molecule is COc1cc(C(=O)NC(CCO)C(=O)c2ccc(OC)c(-c3ccc(F)c(C(F)(F)F)c3)n2)ccc1OCCO. The standard InChI is InChI=1S/C27H26F4N2O7/c1-38-22-8-6-19(32-24(22)15-3-5-18(28)17(13-15)27(29,30)31)25(36)20(9-10-34)33-26(37)16-4-7-21(40-12-11-35)23(14-16)39-2/h3-8,13-14,20,34-35H,9-12H2,1-2H3,(H,33,37). The number of methoxy groups -OCH3 is 2. The highest BCUT2D eigenvalue weighted by Gasteiger charge is 2.35. The van der Waals surface area contributed by atoms with E-state index in [1.54, 1.807) is 0 Å². The van der Waals surface area contributed by atoms with Crippen LogP contribution in [0, 0.1) is 5.82 Å².